The van der Waals surface area contributed by atoms with E-state index in [1.54, 1.807) is 0 Å². The molecule has 0 aromatic rings. The SMILES string of the molecule is CN(C(N)=NCCC(=O)NC1CCCCC1)C1CC1. The summed E-state index contributed by atoms with van der Waals surface area (Å²) in [5.41, 5.74) is 5.87. The molecule has 2 saturated carbocycles. The van der Waals surface area contributed by atoms with Crippen LogP contribution in [-0.4, -0.2) is 42.4 Å². The molecular weight excluding hydrogens is 240 g/mol. The van der Waals surface area contributed by atoms with Gasteiger partial charge in [-0.1, -0.05) is 19.3 Å². The number of nitrogens with one attached hydrogen (secondary N) is 1. The van der Waals surface area contributed by atoms with Crippen LogP contribution >= 0.6 is 0 Å². The average Bonchev–Trinajstić information content (AvgIpc) is 3.23. The van der Waals surface area contributed by atoms with Crippen molar-refractivity contribution in [1.29, 1.82) is 0 Å². The first-order chi connectivity index (χ1) is 9.16. The molecule has 2 aliphatic carbocycles. The lowest BCUT2D eigenvalue weighted by Gasteiger charge is -2.22. The summed E-state index contributed by atoms with van der Waals surface area (Å²) >= 11 is 0. The van der Waals surface area contributed by atoms with Crippen molar-refractivity contribution in [2.75, 3.05) is 13.6 Å². The number of carbonyl (C=O) groups excluding carboxylic acids is 1. The van der Waals surface area contributed by atoms with Crippen LogP contribution in [0.15, 0.2) is 4.99 Å². The molecule has 0 unspecified atom stereocenters. The van der Waals surface area contributed by atoms with E-state index in [4.69, 9.17) is 5.73 Å². The van der Waals surface area contributed by atoms with Crippen molar-refractivity contribution in [2.24, 2.45) is 10.7 Å². The van der Waals surface area contributed by atoms with Crippen molar-refractivity contribution in [3.63, 3.8) is 0 Å². The minimum Gasteiger partial charge on any atom is -0.370 e. The molecule has 5 heteroatoms. The van der Waals surface area contributed by atoms with Gasteiger partial charge in [-0.3, -0.25) is 9.79 Å². The van der Waals surface area contributed by atoms with Gasteiger partial charge in [-0.05, 0) is 25.7 Å². The highest BCUT2D eigenvalue weighted by Crippen LogP contribution is 2.24. The predicted octanol–water partition coefficient (Wildman–Crippen LogP) is 1.23. The fourth-order valence-electron chi connectivity index (χ4n) is 2.58. The second kappa shape index (κ2) is 6.78. The van der Waals surface area contributed by atoms with E-state index < -0.39 is 0 Å². The lowest BCUT2D eigenvalue weighted by Crippen LogP contribution is -2.37. The minimum absolute atomic E-state index is 0.109. The van der Waals surface area contributed by atoms with Gasteiger partial charge in [0.1, 0.15) is 0 Å². The van der Waals surface area contributed by atoms with Gasteiger partial charge in [-0.15, -0.1) is 0 Å². The largest absolute Gasteiger partial charge is 0.370 e. The van der Waals surface area contributed by atoms with E-state index in [2.05, 4.69) is 10.3 Å². The maximum atomic E-state index is 11.8. The molecule has 0 aromatic carbocycles. The van der Waals surface area contributed by atoms with Crippen LogP contribution in [0.25, 0.3) is 0 Å². The molecule has 108 valence electrons. The molecule has 3 N–H and O–H groups in total. The van der Waals surface area contributed by atoms with Crippen LogP contribution in [-0.2, 0) is 4.79 Å². The molecule has 0 bridgehead atoms. The van der Waals surface area contributed by atoms with E-state index in [0.717, 1.165) is 12.8 Å². The second-order valence-corrected chi connectivity index (χ2v) is 5.73. The Balaban J connectivity index is 1.63. The molecule has 1 amide bonds. The summed E-state index contributed by atoms with van der Waals surface area (Å²) < 4.78 is 0. The maximum absolute atomic E-state index is 11.8. The molecule has 0 aromatic heterocycles. The van der Waals surface area contributed by atoms with Gasteiger partial charge in [0, 0.05) is 25.6 Å². The summed E-state index contributed by atoms with van der Waals surface area (Å²) in [7, 11) is 1.97. The monoisotopic (exact) mass is 266 g/mol. The van der Waals surface area contributed by atoms with Crippen LogP contribution in [0.1, 0.15) is 51.4 Å². The number of aliphatic imine (C=N–C) groups is 1. The molecule has 0 heterocycles. The van der Waals surface area contributed by atoms with Crippen molar-refractivity contribution >= 4 is 11.9 Å². The molecule has 19 heavy (non-hydrogen) atoms. The average molecular weight is 266 g/mol. The van der Waals surface area contributed by atoms with Gasteiger partial charge in [0.15, 0.2) is 5.96 Å². The molecule has 0 aliphatic heterocycles. The standard InChI is InChI=1S/C14H26N4O/c1-18(12-7-8-12)14(15)16-10-9-13(19)17-11-5-3-2-4-6-11/h11-12H,2-10H2,1H3,(H2,15,16)(H,17,19). The third kappa shape index (κ3) is 4.73. The van der Waals surface area contributed by atoms with Crippen molar-refractivity contribution in [3.8, 4) is 0 Å². The number of amides is 1. The topological polar surface area (TPSA) is 70.7 Å². The van der Waals surface area contributed by atoms with E-state index in [1.165, 1.54) is 32.1 Å². The molecule has 2 rings (SSSR count). The van der Waals surface area contributed by atoms with E-state index in [1.807, 2.05) is 11.9 Å². The Morgan fingerprint density at radius 2 is 1.95 bits per heavy atom. The van der Waals surface area contributed by atoms with Crippen LogP contribution in [0.5, 0.6) is 0 Å². The molecule has 0 spiro atoms. The van der Waals surface area contributed by atoms with Gasteiger partial charge in [-0.2, -0.15) is 0 Å². The number of hydrogen-bond acceptors (Lipinski definition) is 2. The van der Waals surface area contributed by atoms with E-state index >= 15 is 0 Å². The zero-order valence-corrected chi connectivity index (χ0v) is 11.9. The fourth-order valence-corrected chi connectivity index (χ4v) is 2.58. The number of guanidine groups is 1. The Kier molecular flexibility index (Phi) is 5.05. The number of rotatable bonds is 5. The van der Waals surface area contributed by atoms with Crippen LogP contribution in [0.2, 0.25) is 0 Å². The van der Waals surface area contributed by atoms with Crippen molar-refractivity contribution in [1.82, 2.24) is 10.2 Å². The minimum atomic E-state index is 0.109. The normalized spacial score (nSPS) is 21.2. The smallest absolute Gasteiger partial charge is 0.222 e. The first-order valence-electron chi connectivity index (χ1n) is 7.49. The lowest BCUT2D eigenvalue weighted by molar-refractivity contribution is -0.121. The number of nitrogens with zero attached hydrogens (tertiary/aromatic N) is 2. The molecule has 2 aliphatic rings. The number of hydrogen-bond donors (Lipinski definition) is 2. The van der Waals surface area contributed by atoms with E-state index in [9.17, 15) is 4.79 Å². The van der Waals surface area contributed by atoms with Crippen LogP contribution in [0.3, 0.4) is 0 Å². The number of nitrogens with two attached hydrogens (primary N) is 1. The Morgan fingerprint density at radius 3 is 2.58 bits per heavy atom. The summed E-state index contributed by atoms with van der Waals surface area (Å²) in [4.78, 5) is 18.1. The van der Waals surface area contributed by atoms with Crippen molar-refractivity contribution in [3.05, 3.63) is 0 Å². The first kappa shape index (κ1) is 14.2. The number of carbonyl (C=O) groups is 1. The highest BCUT2D eigenvalue weighted by atomic mass is 16.1. The molecular formula is C14H26N4O. The third-order valence-electron chi connectivity index (χ3n) is 4.04. The summed E-state index contributed by atoms with van der Waals surface area (Å²) in [6.45, 7) is 0.488. The summed E-state index contributed by atoms with van der Waals surface area (Å²) in [5, 5.41) is 3.09. The fraction of sp³-hybridized carbons (Fsp3) is 0.857. The van der Waals surface area contributed by atoms with Crippen molar-refractivity contribution < 1.29 is 4.79 Å². The molecule has 0 atom stereocenters. The van der Waals surface area contributed by atoms with Crippen molar-refractivity contribution in [2.45, 2.75) is 63.5 Å². The quantitative estimate of drug-likeness (QED) is 0.581. The molecule has 0 radical (unpaired) electrons. The Morgan fingerprint density at radius 1 is 1.26 bits per heavy atom. The van der Waals surface area contributed by atoms with Gasteiger partial charge < -0.3 is 16.0 Å². The van der Waals surface area contributed by atoms with E-state index in [0.29, 0.717) is 31.0 Å². The highest BCUT2D eigenvalue weighted by molar-refractivity contribution is 5.80. The van der Waals surface area contributed by atoms with Crippen LogP contribution in [0, 0.1) is 0 Å². The van der Waals surface area contributed by atoms with Crippen LogP contribution in [0.4, 0.5) is 0 Å². The Bertz CT molecular complexity index is 332. The highest BCUT2D eigenvalue weighted by Gasteiger charge is 2.27. The molecule has 0 saturated heterocycles. The predicted molar refractivity (Wildman–Crippen MR) is 76.9 cm³/mol. The molecule has 2 fully saturated rings. The Labute approximate surface area is 115 Å². The van der Waals surface area contributed by atoms with Gasteiger partial charge in [0.05, 0.1) is 6.54 Å². The van der Waals surface area contributed by atoms with Gasteiger partial charge in [0.2, 0.25) is 5.91 Å². The Hall–Kier alpha value is -1.26. The van der Waals surface area contributed by atoms with Gasteiger partial charge in [0.25, 0.3) is 0 Å². The zero-order valence-electron chi connectivity index (χ0n) is 11.9. The molecule has 5 nitrogen and oxygen atoms in total. The summed E-state index contributed by atoms with van der Waals surface area (Å²) in [5.74, 6) is 0.672. The zero-order chi connectivity index (χ0) is 13.7. The van der Waals surface area contributed by atoms with E-state index in [-0.39, 0.29) is 5.91 Å². The third-order valence-corrected chi connectivity index (χ3v) is 4.04. The lowest BCUT2D eigenvalue weighted by atomic mass is 9.95. The second-order valence-electron chi connectivity index (χ2n) is 5.73. The summed E-state index contributed by atoms with van der Waals surface area (Å²) in [6.07, 6.45) is 8.88. The van der Waals surface area contributed by atoms with Gasteiger partial charge in [-0.25, -0.2) is 0 Å². The maximum Gasteiger partial charge on any atom is 0.222 e. The van der Waals surface area contributed by atoms with Crippen LogP contribution < -0.4 is 11.1 Å². The first-order valence-corrected chi connectivity index (χ1v) is 7.49. The van der Waals surface area contributed by atoms with Gasteiger partial charge >= 0.3 is 0 Å². The summed E-state index contributed by atoms with van der Waals surface area (Å²) in [6, 6.07) is 0.955.